The Hall–Kier alpha value is -3.58. The fourth-order valence-corrected chi connectivity index (χ4v) is 4.66. The number of allylic oxidation sites excluding steroid dienone is 2. The van der Waals surface area contributed by atoms with E-state index in [0.717, 1.165) is 21.6 Å². The number of β-lactam (4-membered cyclic amide) rings is 1. The number of esters is 1. The predicted molar refractivity (Wildman–Crippen MR) is 133 cm³/mol. The van der Waals surface area contributed by atoms with Crippen LogP contribution >= 0.6 is 11.6 Å². The van der Waals surface area contributed by atoms with Crippen molar-refractivity contribution in [2.24, 2.45) is 5.92 Å². The van der Waals surface area contributed by atoms with E-state index in [1.807, 2.05) is 80.6 Å². The van der Waals surface area contributed by atoms with Gasteiger partial charge in [-0.15, -0.1) is 0 Å². The standard InChI is InChI=1S/C27H28ClN3O4/c1-17-13-20(15-23(28)29-17)14-22-24(26(33)35-16-19-9-5-3-6-10-19)31(25(22)32)27(34)30-18(2)21-11-7-4-8-12-21/h3-13,15,17-18,22,24,29H,14,16H2,1-2H3,(H,30,34)/t17?,18-,22-,24+/m1/s1. The van der Waals surface area contributed by atoms with Crippen LogP contribution < -0.4 is 10.6 Å². The van der Waals surface area contributed by atoms with Crippen molar-refractivity contribution in [2.75, 3.05) is 0 Å². The van der Waals surface area contributed by atoms with Gasteiger partial charge in [0.2, 0.25) is 5.91 Å². The van der Waals surface area contributed by atoms with Crippen LogP contribution in [0.4, 0.5) is 4.79 Å². The maximum Gasteiger partial charge on any atom is 0.330 e. The number of carbonyl (C=O) groups is 3. The topological polar surface area (TPSA) is 87.7 Å². The number of nitrogens with one attached hydrogen (secondary N) is 2. The molecule has 7 nitrogen and oxygen atoms in total. The van der Waals surface area contributed by atoms with Crippen LogP contribution in [0.15, 0.2) is 83.5 Å². The first-order chi connectivity index (χ1) is 16.8. The summed E-state index contributed by atoms with van der Waals surface area (Å²) in [7, 11) is 0. The van der Waals surface area contributed by atoms with Crippen molar-refractivity contribution < 1.29 is 19.1 Å². The molecule has 182 valence electrons. The summed E-state index contributed by atoms with van der Waals surface area (Å²) in [6, 6.07) is 16.7. The molecule has 2 aliphatic heterocycles. The van der Waals surface area contributed by atoms with Crippen LogP contribution in [-0.4, -0.2) is 34.9 Å². The zero-order chi connectivity index (χ0) is 24.9. The first-order valence-electron chi connectivity index (χ1n) is 11.6. The average molecular weight is 494 g/mol. The molecule has 2 N–H and O–H groups in total. The summed E-state index contributed by atoms with van der Waals surface area (Å²) in [5, 5.41) is 6.36. The minimum absolute atomic E-state index is 0.00714. The molecule has 3 amide bonds. The smallest absolute Gasteiger partial charge is 0.330 e. The molecule has 35 heavy (non-hydrogen) atoms. The van der Waals surface area contributed by atoms with Crippen molar-refractivity contribution in [3.63, 3.8) is 0 Å². The van der Waals surface area contributed by atoms with Gasteiger partial charge >= 0.3 is 12.0 Å². The number of nitrogens with zero attached hydrogens (tertiary/aromatic N) is 1. The maximum absolute atomic E-state index is 13.1. The Balaban J connectivity index is 1.50. The Morgan fingerprint density at radius 2 is 1.77 bits per heavy atom. The van der Waals surface area contributed by atoms with Crippen molar-refractivity contribution >= 4 is 29.5 Å². The van der Waals surface area contributed by atoms with Gasteiger partial charge in [0.05, 0.1) is 12.0 Å². The third-order valence-corrected chi connectivity index (χ3v) is 6.35. The second-order valence-corrected chi connectivity index (χ2v) is 9.21. The molecule has 0 bridgehead atoms. The van der Waals surface area contributed by atoms with Gasteiger partial charge in [0.1, 0.15) is 11.8 Å². The van der Waals surface area contributed by atoms with Crippen LogP contribution in [0.25, 0.3) is 0 Å². The molecular formula is C27H28ClN3O4. The van der Waals surface area contributed by atoms with E-state index >= 15 is 0 Å². The van der Waals surface area contributed by atoms with Gasteiger partial charge in [-0.3, -0.25) is 4.79 Å². The second-order valence-electron chi connectivity index (χ2n) is 8.81. The highest BCUT2D eigenvalue weighted by atomic mass is 35.5. The summed E-state index contributed by atoms with van der Waals surface area (Å²) in [4.78, 5) is 40.3. The summed E-state index contributed by atoms with van der Waals surface area (Å²) in [5.74, 6) is -1.74. The zero-order valence-corrected chi connectivity index (χ0v) is 20.4. The molecule has 1 saturated heterocycles. The number of rotatable bonds is 7. The van der Waals surface area contributed by atoms with Crippen LogP contribution in [0, 0.1) is 5.92 Å². The Morgan fingerprint density at radius 1 is 1.11 bits per heavy atom. The van der Waals surface area contributed by atoms with E-state index in [-0.39, 0.29) is 25.1 Å². The normalized spacial score (nSPS) is 22.2. The number of imide groups is 1. The zero-order valence-electron chi connectivity index (χ0n) is 19.6. The number of hydrogen-bond acceptors (Lipinski definition) is 5. The van der Waals surface area contributed by atoms with Gasteiger partial charge in [0.15, 0.2) is 6.04 Å². The van der Waals surface area contributed by atoms with E-state index < -0.39 is 29.9 Å². The van der Waals surface area contributed by atoms with Crippen LogP contribution in [0.3, 0.4) is 0 Å². The fourth-order valence-electron chi connectivity index (χ4n) is 4.35. The van der Waals surface area contributed by atoms with E-state index in [9.17, 15) is 14.4 Å². The molecule has 0 spiro atoms. The molecule has 0 saturated carbocycles. The summed E-state index contributed by atoms with van der Waals surface area (Å²) >= 11 is 6.16. The number of urea groups is 1. The molecule has 8 heteroatoms. The van der Waals surface area contributed by atoms with Gasteiger partial charge in [-0.25, -0.2) is 14.5 Å². The number of ether oxygens (including phenoxy) is 1. The highest BCUT2D eigenvalue weighted by Gasteiger charge is 2.55. The average Bonchev–Trinajstić information content (AvgIpc) is 2.84. The van der Waals surface area contributed by atoms with E-state index in [0.29, 0.717) is 5.16 Å². The molecule has 0 aliphatic carbocycles. The van der Waals surface area contributed by atoms with Crippen molar-refractivity contribution in [2.45, 2.75) is 45.0 Å². The van der Waals surface area contributed by atoms with Crippen molar-refractivity contribution in [3.8, 4) is 0 Å². The Labute approximate surface area is 209 Å². The molecule has 2 aliphatic rings. The number of likely N-dealkylation sites (tertiary alicyclic amines) is 1. The van der Waals surface area contributed by atoms with E-state index in [1.54, 1.807) is 6.08 Å². The Morgan fingerprint density at radius 3 is 2.43 bits per heavy atom. The number of benzene rings is 2. The minimum atomic E-state index is -1.02. The van der Waals surface area contributed by atoms with Crippen molar-refractivity contribution in [3.05, 3.63) is 94.7 Å². The second kappa shape index (κ2) is 10.8. The molecular weight excluding hydrogens is 466 g/mol. The molecule has 1 unspecified atom stereocenters. The van der Waals surface area contributed by atoms with E-state index in [2.05, 4.69) is 10.6 Å². The summed E-state index contributed by atoms with van der Waals surface area (Å²) in [5.41, 5.74) is 2.54. The summed E-state index contributed by atoms with van der Waals surface area (Å²) in [6.45, 7) is 3.82. The lowest BCUT2D eigenvalue weighted by atomic mass is 9.81. The van der Waals surface area contributed by atoms with Crippen LogP contribution in [0.1, 0.15) is 37.4 Å². The highest BCUT2D eigenvalue weighted by molar-refractivity contribution is 6.29. The Kier molecular flexibility index (Phi) is 7.56. The third-order valence-electron chi connectivity index (χ3n) is 6.14. The van der Waals surface area contributed by atoms with E-state index in [1.165, 1.54) is 0 Å². The molecule has 0 radical (unpaired) electrons. The lowest BCUT2D eigenvalue weighted by molar-refractivity contribution is -0.170. The van der Waals surface area contributed by atoms with Gasteiger partial charge in [0, 0.05) is 6.04 Å². The molecule has 2 aromatic carbocycles. The fraction of sp³-hybridized carbons (Fsp3) is 0.296. The molecule has 1 fully saturated rings. The number of halogens is 1. The lowest BCUT2D eigenvalue weighted by Crippen LogP contribution is -2.68. The first kappa shape index (κ1) is 24.5. The molecule has 0 aromatic heterocycles. The predicted octanol–water partition coefficient (Wildman–Crippen LogP) is 4.42. The van der Waals surface area contributed by atoms with Gasteiger partial charge < -0.3 is 15.4 Å². The van der Waals surface area contributed by atoms with Gasteiger partial charge in [-0.05, 0) is 43.0 Å². The number of hydrogen-bond donors (Lipinski definition) is 2. The minimum Gasteiger partial charge on any atom is -0.459 e. The van der Waals surface area contributed by atoms with Crippen molar-refractivity contribution in [1.29, 1.82) is 0 Å². The van der Waals surface area contributed by atoms with Gasteiger partial charge in [-0.2, -0.15) is 0 Å². The molecule has 4 rings (SSSR count). The molecule has 2 heterocycles. The van der Waals surface area contributed by atoms with E-state index in [4.69, 9.17) is 16.3 Å². The molecule has 2 aromatic rings. The van der Waals surface area contributed by atoms with Crippen molar-refractivity contribution in [1.82, 2.24) is 15.5 Å². The van der Waals surface area contributed by atoms with Crippen LogP contribution in [-0.2, 0) is 20.9 Å². The van der Waals surface area contributed by atoms with Gasteiger partial charge in [0.25, 0.3) is 0 Å². The Bertz CT molecular complexity index is 1150. The SMILES string of the molecule is CC1C=C(C[C@H]2C(=O)N(C(=O)N[C@H](C)c3ccccc3)[C@@H]2C(=O)OCc2ccccc2)C=C(Cl)N1. The third kappa shape index (κ3) is 5.74. The van der Waals surface area contributed by atoms with Gasteiger partial charge in [-0.1, -0.05) is 78.3 Å². The van der Waals surface area contributed by atoms with Crippen LogP contribution in [0.5, 0.6) is 0 Å². The van der Waals surface area contributed by atoms with Crippen LogP contribution in [0.2, 0.25) is 0 Å². The lowest BCUT2D eigenvalue weighted by Gasteiger charge is -2.44. The highest BCUT2D eigenvalue weighted by Crippen LogP contribution is 2.35. The largest absolute Gasteiger partial charge is 0.459 e. The monoisotopic (exact) mass is 493 g/mol. The summed E-state index contributed by atoms with van der Waals surface area (Å²) in [6.07, 6.45) is 3.97. The molecule has 4 atom stereocenters. The number of carbonyl (C=O) groups excluding carboxylic acids is 3. The number of amides is 3. The quantitative estimate of drug-likeness (QED) is 0.339. The maximum atomic E-state index is 13.1. The number of dihydropyridines is 1. The summed E-state index contributed by atoms with van der Waals surface area (Å²) < 4.78 is 5.53. The first-order valence-corrected chi connectivity index (χ1v) is 11.9.